The molecule has 0 aliphatic carbocycles. The molecule has 3 aromatic carbocycles. The minimum Gasteiger partial charge on any atom is -0.494 e. The molecule has 0 radical (unpaired) electrons. The van der Waals surface area contributed by atoms with Crippen molar-refractivity contribution in [1.82, 2.24) is 4.98 Å². The summed E-state index contributed by atoms with van der Waals surface area (Å²) in [5.41, 5.74) is 3.37. The van der Waals surface area contributed by atoms with Gasteiger partial charge in [-0.1, -0.05) is 17.7 Å². The predicted octanol–water partition coefficient (Wildman–Crippen LogP) is 5.47. The van der Waals surface area contributed by atoms with Crippen LogP contribution < -0.4 is 9.46 Å². The number of hydrogen-bond donors (Lipinski definition) is 1. The highest BCUT2D eigenvalue weighted by Gasteiger charge is 2.14. The van der Waals surface area contributed by atoms with Crippen LogP contribution in [-0.2, 0) is 10.0 Å². The van der Waals surface area contributed by atoms with Gasteiger partial charge in [0.25, 0.3) is 10.0 Å². The summed E-state index contributed by atoms with van der Waals surface area (Å²) in [6, 6.07) is 19.9. The summed E-state index contributed by atoms with van der Waals surface area (Å²) >= 11 is 1.58. The molecule has 0 aliphatic heterocycles. The molecule has 0 amide bonds. The van der Waals surface area contributed by atoms with Gasteiger partial charge in [-0.15, -0.1) is 11.3 Å². The molecule has 0 saturated heterocycles. The van der Waals surface area contributed by atoms with Gasteiger partial charge in [-0.2, -0.15) is 0 Å². The number of thiazole rings is 1. The van der Waals surface area contributed by atoms with E-state index < -0.39 is 10.0 Å². The highest BCUT2D eigenvalue weighted by atomic mass is 32.2. The lowest BCUT2D eigenvalue weighted by atomic mass is 10.2. The van der Waals surface area contributed by atoms with E-state index in [1.165, 1.54) is 0 Å². The Labute approximate surface area is 174 Å². The van der Waals surface area contributed by atoms with Gasteiger partial charge in [0.15, 0.2) is 0 Å². The molecule has 1 N–H and O–H groups in total. The van der Waals surface area contributed by atoms with Gasteiger partial charge in [-0.3, -0.25) is 4.72 Å². The Morgan fingerprint density at radius 1 is 1.00 bits per heavy atom. The molecule has 0 unspecified atom stereocenters. The summed E-state index contributed by atoms with van der Waals surface area (Å²) in [5, 5.41) is 0.876. The first kappa shape index (κ1) is 19.4. The van der Waals surface area contributed by atoms with Gasteiger partial charge >= 0.3 is 0 Å². The summed E-state index contributed by atoms with van der Waals surface area (Å²) < 4.78 is 34.3. The zero-order chi connectivity index (χ0) is 20.4. The minimum atomic E-state index is -3.62. The van der Waals surface area contributed by atoms with E-state index in [0.717, 1.165) is 32.1 Å². The highest BCUT2D eigenvalue weighted by molar-refractivity contribution is 7.92. The van der Waals surface area contributed by atoms with Gasteiger partial charge in [0.1, 0.15) is 10.8 Å². The van der Waals surface area contributed by atoms with Crippen LogP contribution in [0.25, 0.3) is 20.8 Å². The van der Waals surface area contributed by atoms with Crippen LogP contribution in [0.15, 0.2) is 71.6 Å². The van der Waals surface area contributed by atoms with Gasteiger partial charge in [-0.05, 0) is 68.4 Å². The Hall–Kier alpha value is -2.90. The number of anilines is 1. The fourth-order valence-corrected chi connectivity index (χ4v) is 4.96. The van der Waals surface area contributed by atoms with E-state index in [2.05, 4.69) is 9.71 Å². The van der Waals surface area contributed by atoms with Crippen molar-refractivity contribution in [3.05, 3.63) is 72.3 Å². The van der Waals surface area contributed by atoms with Crippen LogP contribution >= 0.6 is 11.3 Å². The lowest BCUT2D eigenvalue weighted by Gasteiger charge is -2.08. The van der Waals surface area contributed by atoms with Crippen molar-refractivity contribution in [2.24, 2.45) is 0 Å². The molecule has 4 aromatic rings. The van der Waals surface area contributed by atoms with Gasteiger partial charge < -0.3 is 4.74 Å². The second-order valence-electron chi connectivity index (χ2n) is 6.58. The van der Waals surface area contributed by atoms with Crippen molar-refractivity contribution in [3.63, 3.8) is 0 Å². The number of benzene rings is 3. The first-order valence-electron chi connectivity index (χ1n) is 9.18. The molecular weight excluding hydrogens is 404 g/mol. The first-order valence-corrected chi connectivity index (χ1v) is 11.5. The third-order valence-corrected chi connectivity index (χ3v) is 6.85. The van der Waals surface area contributed by atoms with Gasteiger partial charge in [0, 0.05) is 11.3 Å². The quantitative estimate of drug-likeness (QED) is 0.446. The summed E-state index contributed by atoms with van der Waals surface area (Å²) in [5.74, 6) is 0.830. The molecule has 0 saturated carbocycles. The van der Waals surface area contributed by atoms with Crippen molar-refractivity contribution < 1.29 is 13.2 Å². The monoisotopic (exact) mass is 424 g/mol. The third kappa shape index (κ3) is 4.26. The topological polar surface area (TPSA) is 68.3 Å². The number of sulfonamides is 1. The van der Waals surface area contributed by atoms with Crippen molar-refractivity contribution in [2.75, 3.05) is 11.3 Å². The Morgan fingerprint density at radius 3 is 2.41 bits per heavy atom. The van der Waals surface area contributed by atoms with Crippen LogP contribution in [0, 0.1) is 6.92 Å². The lowest BCUT2D eigenvalue weighted by molar-refractivity contribution is 0.341. The zero-order valence-electron chi connectivity index (χ0n) is 16.0. The smallest absolute Gasteiger partial charge is 0.261 e. The highest BCUT2D eigenvalue weighted by Crippen LogP contribution is 2.33. The van der Waals surface area contributed by atoms with Crippen molar-refractivity contribution in [1.29, 1.82) is 0 Å². The van der Waals surface area contributed by atoms with Crippen LogP contribution in [0.4, 0.5) is 5.69 Å². The standard InChI is InChI=1S/C22H20N2O3S2/c1-3-27-18-10-13-20-21(14-18)28-22(23-20)16-6-8-17(9-7-16)24-29(25,26)19-11-4-15(2)5-12-19/h4-14,24H,3H2,1-2H3. The number of ether oxygens (including phenoxy) is 1. The number of hydrogen-bond acceptors (Lipinski definition) is 5. The van der Waals surface area contributed by atoms with Gasteiger partial charge in [0.2, 0.25) is 0 Å². The van der Waals surface area contributed by atoms with E-state index in [9.17, 15) is 8.42 Å². The fraction of sp³-hybridized carbons (Fsp3) is 0.136. The average molecular weight is 425 g/mol. The molecule has 4 rings (SSSR count). The molecule has 1 heterocycles. The Kier molecular flexibility index (Phi) is 5.25. The Morgan fingerprint density at radius 2 is 1.72 bits per heavy atom. The van der Waals surface area contributed by atoms with Crippen LogP contribution in [0.1, 0.15) is 12.5 Å². The normalized spacial score (nSPS) is 11.5. The molecule has 29 heavy (non-hydrogen) atoms. The fourth-order valence-electron chi connectivity index (χ4n) is 2.90. The minimum absolute atomic E-state index is 0.239. The van der Waals surface area contributed by atoms with Crippen LogP contribution in [0.3, 0.4) is 0 Å². The van der Waals surface area contributed by atoms with E-state index >= 15 is 0 Å². The molecule has 5 nitrogen and oxygen atoms in total. The Balaban J connectivity index is 1.56. The second kappa shape index (κ2) is 7.85. The van der Waals surface area contributed by atoms with Crippen molar-refractivity contribution >= 4 is 37.3 Å². The van der Waals surface area contributed by atoms with Gasteiger partial charge in [-0.25, -0.2) is 13.4 Å². The zero-order valence-corrected chi connectivity index (χ0v) is 17.7. The van der Waals surface area contributed by atoms with Gasteiger partial charge in [0.05, 0.1) is 21.7 Å². The number of nitrogens with one attached hydrogen (secondary N) is 1. The molecule has 0 aliphatic rings. The maximum absolute atomic E-state index is 12.5. The van der Waals surface area contributed by atoms with Crippen LogP contribution in [0.2, 0.25) is 0 Å². The summed E-state index contributed by atoms with van der Waals surface area (Å²) in [6.07, 6.45) is 0. The number of aromatic nitrogens is 1. The van der Waals surface area contributed by atoms with Crippen LogP contribution in [0.5, 0.6) is 5.75 Å². The summed E-state index contributed by atoms with van der Waals surface area (Å²) in [7, 11) is -3.62. The first-order chi connectivity index (χ1) is 13.9. The largest absolute Gasteiger partial charge is 0.494 e. The number of nitrogens with zero attached hydrogens (tertiary/aromatic N) is 1. The molecule has 148 valence electrons. The molecule has 0 atom stereocenters. The van der Waals surface area contributed by atoms with Crippen molar-refractivity contribution in [3.8, 4) is 16.3 Å². The predicted molar refractivity (Wildman–Crippen MR) is 118 cm³/mol. The van der Waals surface area contributed by atoms with E-state index in [-0.39, 0.29) is 4.90 Å². The molecule has 0 bridgehead atoms. The van der Waals surface area contributed by atoms with Crippen molar-refractivity contribution in [2.45, 2.75) is 18.7 Å². The second-order valence-corrected chi connectivity index (χ2v) is 9.29. The van der Waals surface area contributed by atoms with E-state index in [1.54, 1.807) is 47.7 Å². The number of rotatable bonds is 6. The van der Waals surface area contributed by atoms with E-state index in [4.69, 9.17) is 4.74 Å². The number of fused-ring (bicyclic) bond motifs is 1. The Bertz CT molecular complexity index is 1250. The molecular formula is C22H20N2O3S2. The summed E-state index contributed by atoms with van der Waals surface area (Å²) in [4.78, 5) is 4.91. The third-order valence-electron chi connectivity index (χ3n) is 4.39. The molecule has 7 heteroatoms. The lowest BCUT2D eigenvalue weighted by Crippen LogP contribution is -2.12. The average Bonchev–Trinajstić information content (AvgIpc) is 3.12. The molecule has 1 aromatic heterocycles. The van der Waals surface area contributed by atoms with E-state index in [0.29, 0.717) is 12.3 Å². The number of aryl methyl sites for hydroxylation is 1. The maximum atomic E-state index is 12.5. The maximum Gasteiger partial charge on any atom is 0.261 e. The SMILES string of the molecule is CCOc1ccc2nc(-c3ccc(NS(=O)(=O)c4ccc(C)cc4)cc3)sc2c1. The molecule has 0 spiro atoms. The summed E-state index contributed by atoms with van der Waals surface area (Å²) in [6.45, 7) is 4.50. The van der Waals surface area contributed by atoms with E-state index in [1.807, 2.05) is 44.2 Å². The molecule has 0 fully saturated rings. The van der Waals surface area contributed by atoms with Crippen LogP contribution in [-0.4, -0.2) is 20.0 Å².